The summed E-state index contributed by atoms with van der Waals surface area (Å²) in [6.07, 6.45) is 0. The average Bonchev–Trinajstić information content (AvgIpc) is 2.47. The van der Waals surface area contributed by atoms with E-state index in [4.69, 9.17) is 21.4 Å². The number of hydrogen-bond donors (Lipinski definition) is 1. The van der Waals surface area contributed by atoms with Crippen LogP contribution in [0.3, 0.4) is 0 Å². The van der Waals surface area contributed by atoms with Crippen LogP contribution < -0.4 is 4.74 Å². The first kappa shape index (κ1) is 16.0. The van der Waals surface area contributed by atoms with Crippen molar-refractivity contribution in [2.45, 2.75) is 18.7 Å². The summed E-state index contributed by atoms with van der Waals surface area (Å²) < 4.78 is 5.18. The lowest BCUT2D eigenvalue weighted by molar-refractivity contribution is -0.140. The number of hydrogen-bond acceptors (Lipinski definition) is 3. The van der Waals surface area contributed by atoms with Crippen molar-refractivity contribution < 1.29 is 19.4 Å². The van der Waals surface area contributed by atoms with Crippen LogP contribution in [0, 0.1) is 0 Å². The molecule has 0 bridgehead atoms. The molecule has 0 spiro atoms. The summed E-state index contributed by atoms with van der Waals surface area (Å²) in [5.74, 6) is -1.06. The predicted octanol–water partition coefficient (Wildman–Crippen LogP) is 3.82. The van der Waals surface area contributed by atoms with E-state index in [1.54, 1.807) is 36.4 Å². The zero-order valence-electron chi connectivity index (χ0n) is 12.2. The van der Waals surface area contributed by atoms with E-state index in [1.165, 1.54) is 13.8 Å². The van der Waals surface area contributed by atoms with Crippen molar-refractivity contribution in [3.63, 3.8) is 0 Å². The molecule has 2 rings (SSSR count). The van der Waals surface area contributed by atoms with Crippen LogP contribution in [0.15, 0.2) is 48.5 Å². The number of alkyl halides is 1. The summed E-state index contributed by atoms with van der Waals surface area (Å²) in [5, 5.41) is 9.13. The van der Waals surface area contributed by atoms with E-state index < -0.39 is 16.8 Å². The van der Waals surface area contributed by atoms with Crippen LogP contribution in [-0.4, -0.2) is 17.0 Å². The second kappa shape index (κ2) is 6.20. The minimum absolute atomic E-state index is 0.400. The maximum absolute atomic E-state index is 11.2. The summed E-state index contributed by atoms with van der Waals surface area (Å²) in [7, 11) is 0. The van der Waals surface area contributed by atoms with Crippen molar-refractivity contribution in [1.29, 1.82) is 0 Å². The van der Waals surface area contributed by atoms with Crippen molar-refractivity contribution >= 4 is 23.5 Å². The maximum atomic E-state index is 11.2. The lowest BCUT2D eigenvalue weighted by atomic mass is 9.96. The molecule has 0 aliphatic heterocycles. The van der Waals surface area contributed by atoms with Gasteiger partial charge in [-0.2, -0.15) is 0 Å². The fourth-order valence-electron chi connectivity index (χ4n) is 2.04. The number of aliphatic carboxylic acids is 1. The molecule has 0 saturated heterocycles. The van der Waals surface area contributed by atoms with Gasteiger partial charge in [0.05, 0.1) is 0 Å². The number of esters is 1. The first-order chi connectivity index (χ1) is 10.3. The fraction of sp³-hybridized carbons (Fsp3) is 0.176. The van der Waals surface area contributed by atoms with E-state index in [0.29, 0.717) is 11.3 Å². The Bertz CT molecular complexity index is 705. The lowest BCUT2D eigenvalue weighted by Crippen LogP contribution is -2.25. The van der Waals surface area contributed by atoms with Gasteiger partial charge in [0.15, 0.2) is 4.87 Å². The predicted molar refractivity (Wildman–Crippen MR) is 84.0 cm³/mol. The van der Waals surface area contributed by atoms with Crippen LogP contribution in [0.5, 0.6) is 5.75 Å². The molecular weight excluding hydrogens is 304 g/mol. The minimum Gasteiger partial charge on any atom is -0.480 e. The molecule has 4 nitrogen and oxygen atoms in total. The van der Waals surface area contributed by atoms with Crippen LogP contribution >= 0.6 is 11.6 Å². The molecule has 0 aliphatic rings. The molecule has 0 fully saturated rings. The fourth-order valence-corrected chi connectivity index (χ4v) is 2.16. The Balaban J connectivity index is 2.40. The zero-order valence-corrected chi connectivity index (χ0v) is 12.9. The van der Waals surface area contributed by atoms with E-state index >= 15 is 0 Å². The van der Waals surface area contributed by atoms with Crippen molar-refractivity contribution in [2.24, 2.45) is 0 Å². The van der Waals surface area contributed by atoms with Gasteiger partial charge in [0.25, 0.3) is 0 Å². The van der Waals surface area contributed by atoms with Crippen LogP contribution in [0.2, 0.25) is 0 Å². The van der Waals surface area contributed by atoms with E-state index in [-0.39, 0.29) is 0 Å². The third-order valence-electron chi connectivity index (χ3n) is 3.28. The smallest absolute Gasteiger partial charge is 0.329 e. The van der Waals surface area contributed by atoms with Gasteiger partial charge in [-0.05, 0) is 24.1 Å². The Hall–Kier alpha value is -2.33. The number of carboxylic acid groups (broad SMARTS) is 1. The first-order valence-corrected chi connectivity index (χ1v) is 7.01. The summed E-state index contributed by atoms with van der Waals surface area (Å²) >= 11 is 6.03. The highest BCUT2D eigenvalue weighted by molar-refractivity contribution is 6.33. The van der Waals surface area contributed by atoms with Gasteiger partial charge in [0, 0.05) is 12.5 Å². The maximum Gasteiger partial charge on any atom is 0.329 e. The van der Waals surface area contributed by atoms with Crippen molar-refractivity contribution in [3.05, 3.63) is 54.1 Å². The normalized spacial score (nSPS) is 13.2. The van der Waals surface area contributed by atoms with Crippen LogP contribution in [0.4, 0.5) is 0 Å². The first-order valence-electron chi connectivity index (χ1n) is 6.63. The number of rotatable bonds is 4. The topological polar surface area (TPSA) is 63.6 Å². The quantitative estimate of drug-likeness (QED) is 0.529. The van der Waals surface area contributed by atoms with E-state index in [1.807, 2.05) is 12.1 Å². The molecule has 2 aromatic carbocycles. The molecule has 1 unspecified atom stereocenters. The number of para-hydroxylation sites is 1. The molecule has 0 aliphatic carbocycles. The standard InChI is InChI=1S/C17H15ClO4/c1-11(19)22-15-6-4-3-5-14(15)12-7-9-13(10-8-12)17(2,18)16(20)21/h3-10H,1-2H3,(H,20,21). The number of ether oxygens (including phenoxy) is 1. The minimum atomic E-state index is -1.48. The van der Waals surface area contributed by atoms with E-state index in [9.17, 15) is 9.59 Å². The molecule has 5 heteroatoms. The molecule has 0 amide bonds. The monoisotopic (exact) mass is 318 g/mol. The van der Waals surface area contributed by atoms with E-state index in [0.717, 1.165) is 11.1 Å². The van der Waals surface area contributed by atoms with Crippen LogP contribution in [-0.2, 0) is 14.5 Å². The molecule has 1 atom stereocenters. The third kappa shape index (κ3) is 3.28. The third-order valence-corrected chi connectivity index (χ3v) is 3.66. The molecule has 0 radical (unpaired) electrons. The highest BCUT2D eigenvalue weighted by Gasteiger charge is 2.32. The van der Waals surface area contributed by atoms with Gasteiger partial charge in [-0.25, -0.2) is 4.79 Å². The summed E-state index contributed by atoms with van der Waals surface area (Å²) in [4.78, 5) is 20.8. The van der Waals surface area contributed by atoms with Gasteiger partial charge < -0.3 is 9.84 Å². The van der Waals surface area contributed by atoms with Gasteiger partial charge in [0.2, 0.25) is 0 Å². The van der Waals surface area contributed by atoms with Gasteiger partial charge in [-0.3, -0.25) is 4.79 Å². The summed E-state index contributed by atoms with van der Waals surface area (Å²) in [6, 6.07) is 13.9. The van der Waals surface area contributed by atoms with Crippen molar-refractivity contribution in [3.8, 4) is 16.9 Å². The molecule has 114 valence electrons. The Labute approximate surface area is 133 Å². The lowest BCUT2D eigenvalue weighted by Gasteiger charge is -2.17. The molecule has 1 N–H and O–H groups in total. The molecule has 0 aromatic heterocycles. The van der Waals surface area contributed by atoms with Crippen molar-refractivity contribution in [1.82, 2.24) is 0 Å². The second-order valence-corrected chi connectivity index (χ2v) is 5.73. The zero-order chi connectivity index (χ0) is 16.3. The largest absolute Gasteiger partial charge is 0.480 e. The average molecular weight is 319 g/mol. The molecular formula is C17H15ClO4. The Kier molecular flexibility index (Phi) is 4.52. The van der Waals surface area contributed by atoms with Gasteiger partial charge >= 0.3 is 11.9 Å². The number of benzene rings is 2. The molecule has 22 heavy (non-hydrogen) atoms. The highest BCUT2D eigenvalue weighted by atomic mass is 35.5. The summed E-state index contributed by atoms with van der Waals surface area (Å²) in [6.45, 7) is 2.77. The molecule has 0 saturated carbocycles. The number of carbonyl (C=O) groups is 2. The summed E-state index contributed by atoms with van der Waals surface area (Å²) in [5.41, 5.74) is 2.03. The van der Waals surface area contributed by atoms with Crippen molar-refractivity contribution in [2.75, 3.05) is 0 Å². The van der Waals surface area contributed by atoms with E-state index in [2.05, 4.69) is 0 Å². The SMILES string of the molecule is CC(=O)Oc1ccccc1-c1ccc(C(C)(Cl)C(=O)O)cc1. The Morgan fingerprint density at radius 1 is 1.09 bits per heavy atom. The molecule has 0 heterocycles. The Morgan fingerprint density at radius 3 is 2.23 bits per heavy atom. The van der Waals surface area contributed by atoms with Gasteiger partial charge in [-0.15, -0.1) is 11.6 Å². The van der Waals surface area contributed by atoms with Crippen LogP contribution in [0.25, 0.3) is 11.1 Å². The number of carboxylic acids is 1. The molecule has 2 aromatic rings. The number of carbonyl (C=O) groups excluding carboxylic acids is 1. The Morgan fingerprint density at radius 2 is 1.68 bits per heavy atom. The van der Waals surface area contributed by atoms with Gasteiger partial charge in [-0.1, -0.05) is 42.5 Å². The van der Waals surface area contributed by atoms with Crippen LogP contribution in [0.1, 0.15) is 19.4 Å². The number of halogens is 1. The van der Waals surface area contributed by atoms with Gasteiger partial charge in [0.1, 0.15) is 5.75 Å². The second-order valence-electron chi connectivity index (χ2n) is 4.98. The highest BCUT2D eigenvalue weighted by Crippen LogP contribution is 2.33.